The SMILES string of the molecule is CB(C)OCCC[Si](C)(F)F. The molecular formula is C6H15BF2OSi. The van der Waals surface area contributed by atoms with Crippen molar-refractivity contribution in [2.45, 2.75) is 32.7 Å². The van der Waals surface area contributed by atoms with Crippen molar-refractivity contribution >= 4 is 15.7 Å². The molecule has 0 heterocycles. The molecule has 0 aromatic heterocycles. The lowest BCUT2D eigenvalue weighted by molar-refractivity contribution is 0.322. The molecule has 0 saturated heterocycles. The largest absolute Gasteiger partial charge is 0.437 e. The third-order valence-corrected chi connectivity index (χ3v) is 2.44. The van der Waals surface area contributed by atoms with Crippen LogP contribution >= 0.6 is 0 Å². The third-order valence-electron chi connectivity index (χ3n) is 1.21. The van der Waals surface area contributed by atoms with Gasteiger partial charge in [0.1, 0.15) is 0 Å². The van der Waals surface area contributed by atoms with Gasteiger partial charge in [-0.05, 0) is 13.0 Å². The lowest BCUT2D eigenvalue weighted by atomic mass is 9.75. The molecule has 0 aromatic rings. The fraction of sp³-hybridized carbons (Fsp3) is 1.00. The van der Waals surface area contributed by atoms with E-state index >= 15 is 0 Å². The molecule has 0 spiro atoms. The molecule has 66 valence electrons. The molecule has 0 unspecified atom stereocenters. The minimum absolute atomic E-state index is 0.0553. The topological polar surface area (TPSA) is 9.23 Å². The van der Waals surface area contributed by atoms with E-state index < -0.39 is 8.74 Å². The molecule has 0 atom stereocenters. The summed E-state index contributed by atoms with van der Waals surface area (Å²) in [6, 6.07) is 0.0553. The van der Waals surface area contributed by atoms with E-state index in [9.17, 15) is 8.22 Å². The molecule has 0 saturated carbocycles. The normalized spacial score (nSPS) is 11.7. The molecule has 0 amide bonds. The summed E-state index contributed by atoms with van der Waals surface area (Å²) in [6.45, 7) is 5.50. The minimum atomic E-state index is -3.81. The Labute approximate surface area is 68.6 Å². The summed E-state index contributed by atoms with van der Waals surface area (Å²) in [7, 11) is -3.81. The van der Waals surface area contributed by atoms with E-state index in [-0.39, 0.29) is 13.0 Å². The van der Waals surface area contributed by atoms with Gasteiger partial charge in [-0.3, -0.25) is 8.22 Å². The van der Waals surface area contributed by atoms with Crippen molar-refractivity contribution in [2.75, 3.05) is 6.61 Å². The summed E-state index contributed by atoms with van der Waals surface area (Å²) < 4.78 is 29.8. The van der Waals surface area contributed by atoms with Gasteiger partial charge in [0.2, 0.25) is 0 Å². The smallest absolute Gasteiger partial charge is 0.422 e. The van der Waals surface area contributed by atoms with Gasteiger partial charge in [0.25, 0.3) is 6.92 Å². The van der Waals surface area contributed by atoms with Gasteiger partial charge in [-0.15, -0.1) is 0 Å². The molecule has 1 nitrogen and oxygen atoms in total. The first-order valence-corrected chi connectivity index (χ1v) is 6.37. The first-order chi connectivity index (χ1) is 4.92. The Morgan fingerprint density at radius 2 is 1.91 bits per heavy atom. The van der Waals surface area contributed by atoms with Crippen LogP contribution in [0.5, 0.6) is 0 Å². The van der Waals surface area contributed by atoms with Gasteiger partial charge in [0.15, 0.2) is 0 Å². The van der Waals surface area contributed by atoms with Gasteiger partial charge < -0.3 is 4.65 Å². The highest BCUT2D eigenvalue weighted by Crippen LogP contribution is 2.14. The minimum Gasteiger partial charge on any atom is -0.437 e. The Hall–Kier alpha value is 0.102. The van der Waals surface area contributed by atoms with Crippen molar-refractivity contribution in [1.29, 1.82) is 0 Å². The highest BCUT2D eigenvalue weighted by molar-refractivity contribution is 6.64. The third kappa shape index (κ3) is 10.1. The van der Waals surface area contributed by atoms with Crippen LogP contribution in [-0.4, -0.2) is 22.3 Å². The summed E-state index contributed by atoms with van der Waals surface area (Å²) in [6.07, 6.45) is 0.494. The highest BCUT2D eigenvalue weighted by Gasteiger charge is 2.26. The molecule has 5 heteroatoms. The predicted octanol–water partition coefficient (Wildman–Crippen LogP) is 2.66. The lowest BCUT2D eigenvalue weighted by Crippen LogP contribution is -2.17. The average Bonchev–Trinajstić information content (AvgIpc) is 1.78. The van der Waals surface area contributed by atoms with E-state index in [1.165, 1.54) is 0 Å². The lowest BCUT2D eigenvalue weighted by Gasteiger charge is -2.07. The van der Waals surface area contributed by atoms with Crippen LogP contribution in [0.2, 0.25) is 26.2 Å². The van der Waals surface area contributed by atoms with E-state index in [0.717, 1.165) is 6.55 Å². The summed E-state index contributed by atoms with van der Waals surface area (Å²) in [5, 5.41) is 0. The Morgan fingerprint density at radius 3 is 2.27 bits per heavy atom. The molecule has 0 radical (unpaired) electrons. The Balaban J connectivity index is 3.15. The highest BCUT2D eigenvalue weighted by atomic mass is 28.4. The zero-order valence-corrected chi connectivity index (χ0v) is 8.36. The van der Waals surface area contributed by atoms with E-state index in [0.29, 0.717) is 13.0 Å². The van der Waals surface area contributed by atoms with Crippen molar-refractivity contribution < 1.29 is 12.9 Å². The van der Waals surface area contributed by atoms with Crippen LogP contribution in [0.1, 0.15) is 6.42 Å². The molecule has 0 fully saturated rings. The van der Waals surface area contributed by atoms with Crippen LogP contribution < -0.4 is 0 Å². The number of halogens is 2. The summed E-state index contributed by atoms with van der Waals surface area (Å²) in [5.74, 6) is 0. The quantitative estimate of drug-likeness (QED) is 0.359. The van der Waals surface area contributed by atoms with Crippen molar-refractivity contribution in [3.8, 4) is 0 Å². The average molecular weight is 180 g/mol. The second kappa shape index (κ2) is 4.88. The van der Waals surface area contributed by atoms with Crippen molar-refractivity contribution in [3.63, 3.8) is 0 Å². The molecule has 0 bridgehead atoms. The zero-order chi connectivity index (χ0) is 8.91. The van der Waals surface area contributed by atoms with Crippen LogP contribution in [0.4, 0.5) is 8.22 Å². The molecule has 11 heavy (non-hydrogen) atoms. The summed E-state index contributed by atoms with van der Waals surface area (Å²) in [4.78, 5) is 0. The first-order valence-electron chi connectivity index (χ1n) is 3.91. The standard InChI is InChI=1S/C6H15BF2OSi/c1-7(2)10-5-4-6-11(3,8)9/h4-6H2,1-3H3. The molecule has 0 aliphatic heterocycles. The molecule has 0 aromatic carbocycles. The van der Waals surface area contributed by atoms with Gasteiger partial charge in [-0.2, -0.15) is 0 Å². The Morgan fingerprint density at radius 1 is 1.36 bits per heavy atom. The van der Waals surface area contributed by atoms with E-state index in [2.05, 4.69) is 0 Å². The fourth-order valence-corrected chi connectivity index (χ4v) is 1.47. The van der Waals surface area contributed by atoms with Gasteiger partial charge in [-0.1, -0.05) is 13.6 Å². The van der Waals surface area contributed by atoms with Crippen LogP contribution in [0.25, 0.3) is 0 Å². The molecule has 0 N–H and O–H groups in total. The van der Waals surface area contributed by atoms with Gasteiger partial charge >= 0.3 is 8.74 Å². The Bertz CT molecular complexity index is 105. The first kappa shape index (κ1) is 11.1. The van der Waals surface area contributed by atoms with Gasteiger partial charge in [0.05, 0.1) is 0 Å². The van der Waals surface area contributed by atoms with Crippen LogP contribution in [0.3, 0.4) is 0 Å². The van der Waals surface area contributed by atoms with E-state index in [1.54, 1.807) is 0 Å². The van der Waals surface area contributed by atoms with Crippen LogP contribution in [-0.2, 0) is 4.65 Å². The van der Waals surface area contributed by atoms with E-state index in [1.807, 2.05) is 13.6 Å². The molecule has 0 rings (SSSR count). The second-order valence-corrected chi connectivity index (χ2v) is 5.73. The molecular weight excluding hydrogens is 165 g/mol. The molecule has 0 aliphatic rings. The molecule has 0 aliphatic carbocycles. The van der Waals surface area contributed by atoms with Crippen LogP contribution in [0.15, 0.2) is 0 Å². The maximum absolute atomic E-state index is 12.3. The van der Waals surface area contributed by atoms with Gasteiger partial charge in [0, 0.05) is 12.7 Å². The van der Waals surface area contributed by atoms with Crippen LogP contribution in [0, 0.1) is 0 Å². The summed E-state index contributed by atoms with van der Waals surface area (Å²) >= 11 is 0. The Kier molecular flexibility index (Phi) is 4.92. The van der Waals surface area contributed by atoms with Crippen molar-refractivity contribution in [3.05, 3.63) is 0 Å². The number of hydrogen-bond acceptors (Lipinski definition) is 1. The van der Waals surface area contributed by atoms with Crippen molar-refractivity contribution in [1.82, 2.24) is 0 Å². The summed E-state index contributed by atoms with van der Waals surface area (Å²) in [5.41, 5.74) is 0. The zero-order valence-electron chi connectivity index (χ0n) is 7.36. The van der Waals surface area contributed by atoms with E-state index in [4.69, 9.17) is 4.65 Å². The monoisotopic (exact) mass is 180 g/mol. The number of rotatable bonds is 5. The predicted molar refractivity (Wildman–Crippen MR) is 46.7 cm³/mol. The fourth-order valence-electron chi connectivity index (χ4n) is 0.702. The maximum Gasteiger partial charge on any atom is 0.422 e. The van der Waals surface area contributed by atoms with Gasteiger partial charge in [-0.25, -0.2) is 0 Å². The number of hydrogen-bond donors (Lipinski definition) is 0. The van der Waals surface area contributed by atoms with Crippen molar-refractivity contribution in [2.24, 2.45) is 0 Å². The second-order valence-electron chi connectivity index (χ2n) is 3.09. The maximum atomic E-state index is 12.3.